The summed E-state index contributed by atoms with van der Waals surface area (Å²) in [7, 11) is 1.21. The fourth-order valence-electron chi connectivity index (χ4n) is 3.42. The first kappa shape index (κ1) is 27.6. The molecule has 7 heteroatoms. The molecule has 0 saturated carbocycles. The molecule has 0 unspecified atom stereocenters. The lowest BCUT2D eigenvalue weighted by Crippen LogP contribution is -2.13. The number of hydrogen-bond acceptors (Lipinski definition) is 6. The third kappa shape index (κ3) is 13.8. The Morgan fingerprint density at radius 1 is 0.844 bits per heavy atom. The number of rotatable bonds is 17. The highest BCUT2D eigenvalue weighted by molar-refractivity contribution is 5.87. The molecule has 0 bridgehead atoms. The molecule has 1 rings (SSSR count). The molecule has 2 N–H and O–H groups in total. The van der Waals surface area contributed by atoms with Gasteiger partial charge in [0.25, 0.3) is 0 Å². The highest BCUT2D eigenvalue weighted by Crippen LogP contribution is 2.28. The Hall–Kier alpha value is -2.44. The van der Waals surface area contributed by atoms with Gasteiger partial charge in [-0.2, -0.15) is 0 Å². The summed E-state index contributed by atoms with van der Waals surface area (Å²) < 4.78 is 14.6. The number of methoxy groups -OCH3 is 1. The summed E-state index contributed by atoms with van der Waals surface area (Å²) in [6.45, 7) is 2.56. The van der Waals surface area contributed by atoms with E-state index < -0.39 is 12.2 Å². The van der Waals surface area contributed by atoms with Gasteiger partial charge in [-0.15, -0.1) is 0 Å². The third-order valence-corrected chi connectivity index (χ3v) is 5.31. The molecule has 182 valence electrons. The Labute approximate surface area is 192 Å². The van der Waals surface area contributed by atoms with E-state index in [4.69, 9.17) is 9.47 Å². The Balaban J connectivity index is 2.01. The van der Waals surface area contributed by atoms with E-state index in [1.54, 1.807) is 0 Å². The predicted octanol–water partition coefficient (Wildman–Crippen LogP) is 7.57. The molecule has 0 fully saturated rings. The lowest BCUT2D eigenvalue weighted by Gasteiger charge is -2.09. The number of hydrogen-bond donors (Lipinski definition) is 2. The Morgan fingerprint density at radius 2 is 1.38 bits per heavy atom. The average Bonchev–Trinajstić information content (AvgIpc) is 2.78. The maximum Gasteiger partial charge on any atom is 0.513 e. The molecule has 0 radical (unpaired) electrons. The second kappa shape index (κ2) is 18.2. The van der Waals surface area contributed by atoms with Gasteiger partial charge < -0.3 is 19.3 Å². The first-order valence-corrected chi connectivity index (χ1v) is 12.1. The summed E-state index contributed by atoms with van der Waals surface area (Å²) in [6.07, 6.45) is 16.2. The molecule has 32 heavy (non-hydrogen) atoms. The van der Waals surface area contributed by atoms with Gasteiger partial charge in [-0.3, -0.25) is 5.32 Å². The predicted molar refractivity (Wildman–Crippen MR) is 126 cm³/mol. The van der Waals surface area contributed by atoms with Gasteiger partial charge in [0.05, 0.1) is 19.4 Å². The van der Waals surface area contributed by atoms with E-state index >= 15 is 0 Å². The number of anilines is 1. The molecule has 1 amide bonds. The minimum absolute atomic E-state index is 0.0779. The minimum atomic E-state index is -0.811. The van der Waals surface area contributed by atoms with Crippen molar-refractivity contribution in [2.45, 2.75) is 96.8 Å². The Kier molecular flexibility index (Phi) is 15.7. The van der Waals surface area contributed by atoms with E-state index in [1.807, 2.05) is 0 Å². The fourth-order valence-corrected chi connectivity index (χ4v) is 3.42. The molecule has 7 nitrogen and oxygen atoms in total. The largest absolute Gasteiger partial charge is 0.513 e. The molecule has 0 aliphatic heterocycles. The molecule has 0 aromatic heterocycles. The molecule has 0 saturated heterocycles. The van der Waals surface area contributed by atoms with Crippen molar-refractivity contribution in [1.82, 2.24) is 0 Å². The van der Waals surface area contributed by atoms with Crippen LogP contribution in [0.4, 0.5) is 15.3 Å². The van der Waals surface area contributed by atoms with E-state index in [1.165, 1.54) is 95.9 Å². The minimum Gasteiger partial charge on any atom is -0.506 e. The van der Waals surface area contributed by atoms with Gasteiger partial charge in [-0.05, 0) is 18.6 Å². The molecule has 0 aliphatic rings. The SMILES string of the molecule is CCCCCCCCCCCCCCCCOC(=O)Oc1ccc(O)c(NC(=O)OC)c1. The number of nitrogens with one attached hydrogen (secondary N) is 1. The number of benzene rings is 1. The van der Waals surface area contributed by atoms with Crippen LogP contribution in [0.3, 0.4) is 0 Å². The standard InChI is InChI=1S/C25H41NO6/c1-3-4-5-6-7-8-9-10-11-12-13-14-15-16-19-31-25(29)32-21-17-18-23(27)22(20-21)26-24(28)30-2/h17-18,20,27H,3-16,19H2,1-2H3,(H,26,28). The number of phenols is 1. The zero-order valence-corrected chi connectivity index (χ0v) is 19.8. The zero-order chi connectivity index (χ0) is 23.4. The third-order valence-electron chi connectivity index (χ3n) is 5.31. The van der Waals surface area contributed by atoms with Crippen LogP contribution < -0.4 is 10.1 Å². The van der Waals surface area contributed by atoms with Crippen molar-refractivity contribution in [2.24, 2.45) is 0 Å². The number of amides is 1. The van der Waals surface area contributed by atoms with Gasteiger partial charge in [0.1, 0.15) is 11.5 Å². The van der Waals surface area contributed by atoms with E-state index in [-0.39, 0.29) is 17.2 Å². The maximum atomic E-state index is 11.8. The number of unbranched alkanes of at least 4 members (excludes halogenated alkanes) is 13. The molecule has 0 atom stereocenters. The average molecular weight is 452 g/mol. The van der Waals surface area contributed by atoms with Crippen LogP contribution in [0.1, 0.15) is 96.8 Å². The van der Waals surface area contributed by atoms with Crippen molar-refractivity contribution in [3.63, 3.8) is 0 Å². The van der Waals surface area contributed by atoms with Gasteiger partial charge in [-0.25, -0.2) is 9.59 Å². The van der Waals surface area contributed by atoms with Gasteiger partial charge in [0.2, 0.25) is 0 Å². The number of carbonyl (C=O) groups is 2. The van der Waals surface area contributed by atoms with Crippen molar-refractivity contribution in [3.8, 4) is 11.5 Å². The van der Waals surface area contributed by atoms with E-state index in [9.17, 15) is 14.7 Å². The van der Waals surface area contributed by atoms with E-state index in [0.717, 1.165) is 19.3 Å². The van der Waals surface area contributed by atoms with Crippen molar-refractivity contribution < 1.29 is 28.9 Å². The summed E-state index contributed by atoms with van der Waals surface area (Å²) in [5.74, 6) is -0.0151. The van der Waals surface area contributed by atoms with Crippen LogP contribution in [0.5, 0.6) is 11.5 Å². The van der Waals surface area contributed by atoms with Crippen LogP contribution in [0, 0.1) is 0 Å². The number of aromatic hydroxyl groups is 1. The first-order valence-electron chi connectivity index (χ1n) is 12.1. The first-order chi connectivity index (χ1) is 15.6. The number of ether oxygens (including phenoxy) is 3. The topological polar surface area (TPSA) is 94.1 Å². The summed E-state index contributed by atoms with van der Waals surface area (Å²) >= 11 is 0. The highest BCUT2D eigenvalue weighted by atomic mass is 16.7. The van der Waals surface area contributed by atoms with Gasteiger partial charge in [0.15, 0.2) is 0 Å². The summed E-state index contributed by atoms with van der Waals surface area (Å²) in [6, 6.07) is 4.03. The van der Waals surface area contributed by atoms with Crippen LogP contribution in [0.15, 0.2) is 18.2 Å². The summed E-state index contributed by atoms with van der Waals surface area (Å²) in [5.41, 5.74) is 0.0779. The van der Waals surface area contributed by atoms with E-state index in [0.29, 0.717) is 6.61 Å². The fraction of sp³-hybridized carbons (Fsp3) is 0.680. The number of phenolic OH excluding ortho intramolecular Hbond substituents is 1. The van der Waals surface area contributed by atoms with Crippen LogP contribution in [-0.2, 0) is 9.47 Å². The second-order valence-electron chi connectivity index (χ2n) is 8.09. The maximum absolute atomic E-state index is 11.8. The highest BCUT2D eigenvalue weighted by Gasteiger charge is 2.11. The molecule has 0 spiro atoms. The Bertz CT molecular complexity index is 649. The van der Waals surface area contributed by atoms with Crippen LogP contribution >= 0.6 is 0 Å². The lowest BCUT2D eigenvalue weighted by atomic mass is 10.0. The quantitative estimate of drug-likeness (QED) is 0.110. The monoisotopic (exact) mass is 451 g/mol. The van der Waals surface area contributed by atoms with Crippen LogP contribution in [-0.4, -0.2) is 31.1 Å². The van der Waals surface area contributed by atoms with Crippen molar-refractivity contribution >= 4 is 17.9 Å². The molecule has 1 aromatic rings. The zero-order valence-electron chi connectivity index (χ0n) is 19.8. The molecule has 0 heterocycles. The normalized spacial score (nSPS) is 10.6. The van der Waals surface area contributed by atoms with Crippen molar-refractivity contribution in [2.75, 3.05) is 19.0 Å². The van der Waals surface area contributed by atoms with E-state index in [2.05, 4.69) is 17.0 Å². The van der Waals surface area contributed by atoms with Crippen LogP contribution in [0.25, 0.3) is 0 Å². The Morgan fingerprint density at radius 3 is 1.91 bits per heavy atom. The summed E-state index contributed by atoms with van der Waals surface area (Å²) in [5, 5.41) is 12.1. The summed E-state index contributed by atoms with van der Waals surface area (Å²) in [4.78, 5) is 23.1. The van der Waals surface area contributed by atoms with Gasteiger partial charge in [-0.1, -0.05) is 90.4 Å². The van der Waals surface area contributed by atoms with Crippen LogP contribution in [0.2, 0.25) is 0 Å². The molecule has 0 aliphatic carbocycles. The van der Waals surface area contributed by atoms with Crippen molar-refractivity contribution in [1.29, 1.82) is 0 Å². The van der Waals surface area contributed by atoms with Gasteiger partial charge >= 0.3 is 12.2 Å². The molecular weight excluding hydrogens is 410 g/mol. The molecular formula is C25H41NO6. The lowest BCUT2D eigenvalue weighted by molar-refractivity contribution is 0.0973. The van der Waals surface area contributed by atoms with Crippen molar-refractivity contribution in [3.05, 3.63) is 18.2 Å². The van der Waals surface area contributed by atoms with Gasteiger partial charge in [0, 0.05) is 6.07 Å². The second-order valence-corrected chi connectivity index (χ2v) is 8.09. The molecule has 1 aromatic carbocycles. The smallest absolute Gasteiger partial charge is 0.506 e. The number of carbonyl (C=O) groups excluding carboxylic acids is 2.